The maximum Gasteiger partial charge on any atom is 2.00 e. The Bertz CT molecular complexity index is 1320. The number of carboxylic acid groups (broad SMARTS) is 2. The summed E-state index contributed by atoms with van der Waals surface area (Å²) < 4.78 is 23.0. The zero-order chi connectivity index (χ0) is 46.9. The maximum atomic E-state index is 11.2. The Labute approximate surface area is 434 Å². The van der Waals surface area contributed by atoms with Crippen molar-refractivity contribution in [2.45, 2.75) is 245 Å². The number of carbonyl (C=O) groups excluding carboxylic acids is 4. The third kappa shape index (κ3) is 40.6. The molecule has 364 valence electrons. The number of aliphatic carboxylic acids is 2. The normalized spacial score (nSPS) is 12.7. The van der Waals surface area contributed by atoms with Crippen LogP contribution in [0.5, 0.6) is 0 Å². The topological polar surface area (TPSA) is 151 Å². The third-order valence-corrected chi connectivity index (χ3v) is 11.5. The molecule has 0 saturated heterocycles. The molecular formula is C54H86BaO10. The van der Waals surface area contributed by atoms with Gasteiger partial charge in [-0.2, -0.15) is 0 Å². The number of hydrogen-bond acceptors (Lipinski definition) is 10. The molecule has 0 spiro atoms. The molecule has 0 N–H and O–H groups in total. The van der Waals surface area contributed by atoms with Gasteiger partial charge < -0.3 is 38.7 Å². The molecule has 0 aliphatic heterocycles. The van der Waals surface area contributed by atoms with Crippen LogP contribution in [0.1, 0.15) is 219 Å². The number of benzene rings is 2. The quantitative estimate of drug-likeness (QED) is 0.0358. The summed E-state index contributed by atoms with van der Waals surface area (Å²) in [4.78, 5) is 43.9. The van der Waals surface area contributed by atoms with Crippen molar-refractivity contribution in [2.24, 2.45) is 0 Å². The second kappa shape index (κ2) is 44.3. The summed E-state index contributed by atoms with van der Waals surface area (Å²) >= 11 is 0. The van der Waals surface area contributed by atoms with Crippen LogP contribution in [-0.4, -0.2) is 97.2 Å². The van der Waals surface area contributed by atoms with Crippen LogP contribution < -0.4 is 10.2 Å². The van der Waals surface area contributed by atoms with E-state index in [1.165, 1.54) is 52.4 Å². The number of carboxylic acids is 2. The van der Waals surface area contributed by atoms with Gasteiger partial charge in [0.25, 0.3) is 0 Å². The molecular weight excluding hydrogens is 946 g/mol. The molecule has 0 fully saturated rings. The first kappa shape index (κ1) is 62.8. The zero-order valence-corrected chi connectivity index (χ0v) is 45.5. The third-order valence-electron chi connectivity index (χ3n) is 11.5. The van der Waals surface area contributed by atoms with Gasteiger partial charge in [-0.3, -0.25) is 9.59 Å². The summed E-state index contributed by atoms with van der Waals surface area (Å²) in [6.45, 7) is 8.44. The molecule has 2 rings (SSSR count). The van der Waals surface area contributed by atoms with Crippen LogP contribution in [0.2, 0.25) is 0 Å². The van der Waals surface area contributed by atoms with Crippen molar-refractivity contribution >= 4 is 72.8 Å². The van der Waals surface area contributed by atoms with Gasteiger partial charge in [-0.1, -0.05) is 164 Å². The van der Waals surface area contributed by atoms with Crippen molar-refractivity contribution < 1.29 is 48.3 Å². The van der Waals surface area contributed by atoms with Gasteiger partial charge >= 0.3 is 60.8 Å². The first-order valence-corrected chi connectivity index (χ1v) is 25.1. The second-order valence-corrected chi connectivity index (χ2v) is 17.5. The molecule has 4 atom stereocenters. The van der Waals surface area contributed by atoms with Gasteiger partial charge in [-0.15, -0.1) is 0 Å². The minimum Gasteiger partial charge on any atom is -0.550 e. The van der Waals surface area contributed by atoms with E-state index in [0.29, 0.717) is 26.1 Å². The molecule has 0 heterocycles. The SMILES string of the molecule is CCCCC(CCCCCCCCC(CCCC(=O)[O-])OCc1ccccc1)OC(C)=O.CCCCC(CCCCCCCCC(CCCC(=O)[O-])OCc1ccccc1)OC(C)=O.[Ba+2]. The molecule has 2 aromatic carbocycles. The number of hydrogen-bond donors (Lipinski definition) is 0. The van der Waals surface area contributed by atoms with Crippen LogP contribution >= 0.6 is 0 Å². The van der Waals surface area contributed by atoms with E-state index >= 15 is 0 Å². The van der Waals surface area contributed by atoms with Crippen molar-refractivity contribution in [3.8, 4) is 0 Å². The smallest absolute Gasteiger partial charge is 0.550 e. The van der Waals surface area contributed by atoms with E-state index in [1.54, 1.807) is 0 Å². The van der Waals surface area contributed by atoms with E-state index in [2.05, 4.69) is 13.8 Å². The van der Waals surface area contributed by atoms with Gasteiger partial charge in [0.15, 0.2) is 0 Å². The fraction of sp³-hybridized carbons (Fsp3) is 0.704. The Kier molecular flexibility index (Phi) is 42.8. The van der Waals surface area contributed by atoms with Gasteiger partial charge in [0.2, 0.25) is 0 Å². The number of esters is 2. The van der Waals surface area contributed by atoms with E-state index in [9.17, 15) is 29.4 Å². The molecule has 0 aromatic heterocycles. The average Bonchev–Trinajstić information content (AvgIpc) is 3.27. The maximum absolute atomic E-state index is 11.2. The molecule has 65 heavy (non-hydrogen) atoms. The van der Waals surface area contributed by atoms with E-state index in [1.807, 2.05) is 60.7 Å². The molecule has 0 bridgehead atoms. The van der Waals surface area contributed by atoms with E-state index in [4.69, 9.17) is 18.9 Å². The minimum atomic E-state index is -0.988. The van der Waals surface area contributed by atoms with E-state index in [0.717, 1.165) is 127 Å². The Morgan fingerprint density at radius 1 is 0.415 bits per heavy atom. The Morgan fingerprint density at radius 3 is 0.985 bits per heavy atom. The fourth-order valence-corrected chi connectivity index (χ4v) is 7.91. The minimum absolute atomic E-state index is 0. The zero-order valence-electron chi connectivity index (χ0n) is 41.1. The molecule has 0 aliphatic carbocycles. The predicted molar refractivity (Wildman–Crippen MR) is 258 cm³/mol. The first-order valence-electron chi connectivity index (χ1n) is 25.1. The van der Waals surface area contributed by atoms with Crippen LogP contribution in [0.25, 0.3) is 0 Å². The Morgan fingerprint density at radius 2 is 0.692 bits per heavy atom. The Hall–Kier alpha value is -2.19. The van der Waals surface area contributed by atoms with Gasteiger partial charge in [-0.05, 0) is 101 Å². The second-order valence-electron chi connectivity index (χ2n) is 17.5. The van der Waals surface area contributed by atoms with Gasteiger partial charge in [0, 0.05) is 25.8 Å². The summed E-state index contributed by atoms with van der Waals surface area (Å²) in [6.07, 6.45) is 27.4. The van der Waals surface area contributed by atoms with Crippen LogP contribution in [0.15, 0.2) is 60.7 Å². The molecule has 2 aromatic rings. The van der Waals surface area contributed by atoms with Gasteiger partial charge in [0.05, 0.1) is 25.4 Å². The monoisotopic (exact) mass is 1030 g/mol. The fourth-order valence-electron chi connectivity index (χ4n) is 7.91. The summed E-state index contributed by atoms with van der Waals surface area (Å²) in [6, 6.07) is 20.2. The molecule has 0 radical (unpaired) electrons. The molecule has 0 saturated carbocycles. The van der Waals surface area contributed by atoms with Crippen LogP contribution in [0.4, 0.5) is 0 Å². The Balaban J connectivity index is 0.00000124. The summed E-state index contributed by atoms with van der Waals surface area (Å²) in [5.41, 5.74) is 2.28. The largest absolute Gasteiger partial charge is 2.00 e. The van der Waals surface area contributed by atoms with Crippen molar-refractivity contribution in [1.82, 2.24) is 0 Å². The average molecular weight is 1030 g/mol. The first-order chi connectivity index (χ1) is 31.0. The van der Waals surface area contributed by atoms with Crippen LogP contribution in [0.3, 0.4) is 0 Å². The van der Waals surface area contributed by atoms with E-state index < -0.39 is 11.9 Å². The molecule has 10 nitrogen and oxygen atoms in total. The van der Waals surface area contributed by atoms with Crippen LogP contribution in [-0.2, 0) is 51.3 Å². The summed E-state index contributed by atoms with van der Waals surface area (Å²) in [5.74, 6) is -2.32. The van der Waals surface area contributed by atoms with Crippen molar-refractivity contribution in [3.63, 3.8) is 0 Å². The van der Waals surface area contributed by atoms with Gasteiger partial charge in [0.1, 0.15) is 12.2 Å². The van der Waals surface area contributed by atoms with Crippen LogP contribution in [0, 0.1) is 0 Å². The summed E-state index contributed by atoms with van der Waals surface area (Å²) in [5, 5.41) is 21.4. The standard InChI is InChI=1S/2C27H44O5.Ba/c2*1-3-4-17-26(32-23(2)28)19-13-8-6-5-7-12-18-25(20-14-21-27(29)30)31-22-24-15-10-9-11-16-24;/h2*9-11,15-16,25-26H,3-8,12-14,17-22H2,1-2H3,(H,29,30);/q;;+2/p-2. The van der Waals surface area contributed by atoms with E-state index in [-0.39, 0.29) is 98.1 Å². The summed E-state index contributed by atoms with van der Waals surface area (Å²) in [7, 11) is 0. The van der Waals surface area contributed by atoms with Crippen molar-refractivity contribution in [2.75, 3.05) is 0 Å². The van der Waals surface area contributed by atoms with Gasteiger partial charge in [-0.25, -0.2) is 0 Å². The number of carbonyl (C=O) groups is 4. The molecule has 4 unspecified atom stereocenters. The molecule has 0 amide bonds. The number of unbranched alkanes of at least 4 members (excludes halogenated alkanes) is 12. The predicted octanol–water partition coefficient (Wildman–Crippen LogP) is 11.1. The molecule has 0 aliphatic rings. The number of rotatable bonds is 40. The van der Waals surface area contributed by atoms with Crippen molar-refractivity contribution in [3.05, 3.63) is 71.8 Å². The molecule has 11 heteroatoms. The number of ether oxygens (including phenoxy) is 4. The van der Waals surface area contributed by atoms with Crippen molar-refractivity contribution in [1.29, 1.82) is 0 Å².